The van der Waals surface area contributed by atoms with Crippen molar-refractivity contribution in [1.29, 1.82) is 0 Å². The highest BCUT2D eigenvalue weighted by Gasteiger charge is 2.66. The van der Waals surface area contributed by atoms with Crippen LogP contribution in [0, 0.1) is 22.7 Å². The van der Waals surface area contributed by atoms with Crippen molar-refractivity contribution in [3.05, 3.63) is 112 Å². The van der Waals surface area contributed by atoms with Gasteiger partial charge in [-0.1, -0.05) is 76.9 Å². The zero-order chi connectivity index (χ0) is 45.3. The topological polar surface area (TPSA) is 219 Å². The minimum Gasteiger partial charge on any atom is -0.511 e. The Morgan fingerprint density at radius 1 is 0.969 bits per heavy atom. The molecule has 65 heavy (non-hydrogen) atoms. The Hall–Kier alpha value is -3.77. The summed E-state index contributed by atoms with van der Waals surface area (Å²) in [6, 6.07) is 14.0. The molecule has 7 aliphatic rings. The number of rotatable bonds is 7. The lowest BCUT2D eigenvalue weighted by molar-refractivity contribution is -0.319. The molecule has 1 saturated heterocycles. The number of aliphatic hydroxyl groups excluding tert-OH is 6. The number of nitrogens with zero attached hydrogens (tertiary/aromatic N) is 1. The summed E-state index contributed by atoms with van der Waals surface area (Å²) in [6.07, 6.45) is 7.02. The lowest BCUT2D eigenvalue weighted by atomic mass is 9.57. The number of ketones is 2. The second-order valence-electron chi connectivity index (χ2n) is 19.6. The standard InChI is InChI=1S/C50H58N2O11S2/c53-15-5-10-39-50-35(18-30(19-38(50)56)17-28-6-3-7-29(16-28)23-54)42(57)33-8-4-9-36(41(33)44(50)59)62-46-45(60)49(61,43(58)37(24-55)63-46)26-48-25-47(13-1-2-14-47)21-32(48)12-11-31-22-51-40(20-34(31)48)52-27-64-65-39/h3-4,6-9,16,18-20,22,32,35,37,39,43,45-46,53-56,58,60-61H,1-2,5,10-15,17,21,23-27H2,(H,51,52)/t32-,35+,37+,39-,43+,45-,46+,48-,49-,50-/m0/s1. The number of aromatic nitrogens is 1. The molecule has 2 aliphatic heterocycles. The molecular formula is C50H58N2O11S2. The van der Waals surface area contributed by atoms with E-state index in [0.717, 1.165) is 68.1 Å². The highest BCUT2D eigenvalue weighted by Crippen LogP contribution is 2.67. The molecule has 15 heteroatoms. The first-order valence-electron chi connectivity index (χ1n) is 23.1. The molecule has 10 atom stereocenters. The number of aryl methyl sites for hydroxylation is 1. The Bertz CT molecular complexity index is 2420. The van der Waals surface area contributed by atoms with Gasteiger partial charge in [0.15, 0.2) is 11.6 Å². The van der Waals surface area contributed by atoms with Gasteiger partial charge in [0, 0.05) is 29.0 Å². The molecule has 8 N–H and O–H groups in total. The van der Waals surface area contributed by atoms with Gasteiger partial charge in [-0.2, -0.15) is 0 Å². The first-order chi connectivity index (χ1) is 31.4. The molecule has 0 unspecified atom stereocenters. The number of ether oxygens (including phenoxy) is 2. The maximum Gasteiger partial charge on any atom is 0.229 e. The van der Waals surface area contributed by atoms with Crippen molar-refractivity contribution >= 4 is 39.0 Å². The normalized spacial score (nSPS) is 34.9. The maximum absolute atomic E-state index is 15.8. The van der Waals surface area contributed by atoms with Crippen LogP contribution in [0.25, 0.3) is 0 Å². The molecule has 3 spiro atoms. The molecule has 5 aliphatic carbocycles. The first kappa shape index (κ1) is 45.0. The fraction of sp³-hybridized carbons (Fsp3) is 0.540. The van der Waals surface area contributed by atoms with Crippen LogP contribution in [0.4, 0.5) is 5.82 Å². The summed E-state index contributed by atoms with van der Waals surface area (Å²) in [7, 11) is 2.78. The fourth-order valence-corrected chi connectivity index (χ4v) is 16.0. The van der Waals surface area contributed by atoms with Gasteiger partial charge in [0.2, 0.25) is 6.29 Å². The van der Waals surface area contributed by atoms with E-state index < -0.39 is 70.4 Å². The van der Waals surface area contributed by atoms with E-state index in [-0.39, 0.29) is 66.4 Å². The van der Waals surface area contributed by atoms with E-state index >= 15 is 9.59 Å². The van der Waals surface area contributed by atoms with Gasteiger partial charge >= 0.3 is 0 Å². The SMILES string of the molecule is O=C1c2cccc3c2C(=O)[C@@]2(C(O)=CC(Cc4cccc(CO)c4)=C[C@H]12)[C@H](CCCO)SSCNc1cc2c(cn1)CC[C@H]1CC4(CCCC4)C[C@@]21C[C@]1(O)[C@H](O)[C@@H](CO)O[C@@H](O3)[C@@H]1O. The predicted octanol–water partition coefficient (Wildman–Crippen LogP) is 5.88. The highest BCUT2D eigenvalue weighted by atomic mass is 33.1. The minimum atomic E-state index is -2.26. The Morgan fingerprint density at radius 2 is 1.77 bits per heavy atom. The Morgan fingerprint density at radius 3 is 2.55 bits per heavy atom. The van der Waals surface area contributed by atoms with Crippen molar-refractivity contribution in [2.45, 2.75) is 125 Å². The Labute approximate surface area is 386 Å². The Kier molecular flexibility index (Phi) is 12.0. The van der Waals surface area contributed by atoms with Crippen LogP contribution in [0.15, 0.2) is 78.2 Å². The van der Waals surface area contributed by atoms with E-state index in [2.05, 4.69) is 11.4 Å². The molecule has 0 amide bonds. The molecule has 6 bridgehead atoms. The average molecular weight is 927 g/mol. The lowest BCUT2D eigenvalue weighted by Gasteiger charge is -2.53. The average Bonchev–Trinajstić information content (AvgIpc) is 3.90. The monoisotopic (exact) mass is 926 g/mol. The number of aliphatic hydroxyl groups is 7. The van der Waals surface area contributed by atoms with Crippen molar-refractivity contribution < 1.29 is 54.8 Å². The number of benzene rings is 2. The van der Waals surface area contributed by atoms with E-state index in [1.54, 1.807) is 24.3 Å². The summed E-state index contributed by atoms with van der Waals surface area (Å²) in [5, 5.41) is 83.5. The van der Waals surface area contributed by atoms with Crippen LogP contribution in [0.1, 0.15) is 107 Å². The van der Waals surface area contributed by atoms with Crippen LogP contribution in [-0.4, -0.2) is 107 Å². The smallest absolute Gasteiger partial charge is 0.229 e. The lowest BCUT2D eigenvalue weighted by Crippen LogP contribution is -2.70. The highest BCUT2D eigenvalue weighted by molar-refractivity contribution is 8.77. The van der Waals surface area contributed by atoms with Gasteiger partial charge in [-0.05, 0) is 122 Å². The van der Waals surface area contributed by atoms with Crippen LogP contribution in [-0.2, 0) is 29.6 Å². The zero-order valence-corrected chi connectivity index (χ0v) is 37.9. The third kappa shape index (κ3) is 7.30. The number of carbonyl (C=O) groups excluding carboxylic acids is 2. The number of fused-ring (bicyclic) bond motifs is 3. The molecule has 3 aromatic rings. The molecule has 10 rings (SSSR count). The molecule has 346 valence electrons. The number of carbonyl (C=O) groups is 2. The van der Waals surface area contributed by atoms with E-state index in [0.29, 0.717) is 29.3 Å². The molecule has 2 aromatic carbocycles. The number of pyridine rings is 1. The molecule has 2 saturated carbocycles. The molecule has 0 radical (unpaired) electrons. The maximum atomic E-state index is 15.8. The number of hydrogen-bond acceptors (Lipinski definition) is 15. The number of Topliss-reactive ketones (excluding diaryl/α,β-unsaturated/α-hetero) is 2. The van der Waals surface area contributed by atoms with Crippen LogP contribution in [0.5, 0.6) is 5.75 Å². The van der Waals surface area contributed by atoms with Crippen molar-refractivity contribution in [1.82, 2.24) is 4.98 Å². The van der Waals surface area contributed by atoms with Crippen LogP contribution >= 0.6 is 21.6 Å². The van der Waals surface area contributed by atoms with Crippen molar-refractivity contribution in [2.75, 3.05) is 24.4 Å². The number of anilines is 1. The van der Waals surface area contributed by atoms with Crippen molar-refractivity contribution in [3.8, 4) is 5.75 Å². The largest absolute Gasteiger partial charge is 0.511 e. The number of hydrogen-bond donors (Lipinski definition) is 8. The summed E-state index contributed by atoms with van der Waals surface area (Å²) in [4.78, 5) is 35.8. The first-order valence-corrected chi connectivity index (χ1v) is 25.4. The second kappa shape index (κ2) is 17.4. The molecular weight excluding hydrogens is 869 g/mol. The van der Waals surface area contributed by atoms with Gasteiger partial charge < -0.3 is 50.5 Å². The Balaban J connectivity index is 1.12. The fourth-order valence-electron chi connectivity index (χ4n) is 13.2. The van der Waals surface area contributed by atoms with Crippen LogP contribution in [0.3, 0.4) is 0 Å². The van der Waals surface area contributed by atoms with Gasteiger partial charge in [-0.3, -0.25) is 9.59 Å². The van der Waals surface area contributed by atoms with Gasteiger partial charge in [-0.15, -0.1) is 0 Å². The quantitative estimate of drug-likeness (QED) is 0.130. The summed E-state index contributed by atoms with van der Waals surface area (Å²) in [5.41, 5.74) is -0.589. The summed E-state index contributed by atoms with van der Waals surface area (Å²) in [6.45, 7) is -1.06. The van der Waals surface area contributed by atoms with E-state index in [1.807, 2.05) is 24.4 Å². The van der Waals surface area contributed by atoms with Gasteiger partial charge in [0.1, 0.15) is 46.7 Å². The van der Waals surface area contributed by atoms with Crippen molar-refractivity contribution in [3.63, 3.8) is 0 Å². The summed E-state index contributed by atoms with van der Waals surface area (Å²) in [5.74, 6) is -1.57. The van der Waals surface area contributed by atoms with E-state index in [4.69, 9.17) is 14.5 Å². The minimum absolute atomic E-state index is 0.0449. The van der Waals surface area contributed by atoms with Crippen LogP contribution in [0.2, 0.25) is 0 Å². The molecule has 3 fully saturated rings. The van der Waals surface area contributed by atoms with Crippen molar-refractivity contribution in [2.24, 2.45) is 22.7 Å². The third-order valence-electron chi connectivity index (χ3n) is 16.1. The molecule has 13 nitrogen and oxygen atoms in total. The van der Waals surface area contributed by atoms with Gasteiger partial charge in [0.25, 0.3) is 0 Å². The summed E-state index contributed by atoms with van der Waals surface area (Å²) >= 11 is 0. The summed E-state index contributed by atoms with van der Waals surface area (Å²) < 4.78 is 12.6. The van der Waals surface area contributed by atoms with E-state index in [9.17, 15) is 35.7 Å². The third-order valence-corrected chi connectivity index (χ3v) is 18.8. The van der Waals surface area contributed by atoms with Gasteiger partial charge in [0.05, 0.1) is 30.6 Å². The zero-order valence-electron chi connectivity index (χ0n) is 36.2. The number of nitrogens with one attached hydrogen (secondary N) is 1. The molecule has 1 aromatic heterocycles. The van der Waals surface area contributed by atoms with Gasteiger partial charge in [-0.25, -0.2) is 4.98 Å². The molecule has 3 heterocycles. The van der Waals surface area contributed by atoms with E-state index in [1.165, 1.54) is 33.7 Å². The number of allylic oxidation sites excluding steroid dienone is 4. The second-order valence-corrected chi connectivity index (χ2v) is 22.2. The predicted molar refractivity (Wildman–Crippen MR) is 245 cm³/mol. The van der Waals surface area contributed by atoms with Crippen LogP contribution < -0.4 is 10.1 Å².